The van der Waals surface area contributed by atoms with Crippen molar-refractivity contribution in [1.82, 2.24) is 14.7 Å². The molecule has 5 heteroatoms. The molecule has 5 nitrogen and oxygen atoms in total. The highest BCUT2D eigenvalue weighted by Gasteiger charge is 2.32. The molecular formula is C21H23N3O2. The van der Waals surface area contributed by atoms with Gasteiger partial charge in [0.05, 0.1) is 17.9 Å². The minimum absolute atomic E-state index is 0.0549. The lowest BCUT2D eigenvalue weighted by atomic mass is 9.86. The molecule has 3 aromatic rings. The lowest BCUT2D eigenvalue weighted by Gasteiger charge is -2.36. The zero-order valence-electron chi connectivity index (χ0n) is 14.9. The highest BCUT2D eigenvalue weighted by atomic mass is 16.3. The van der Waals surface area contributed by atoms with E-state index in [1.54, 1.807) is 22.0 Å². The molecule has 1 saturated heterocycles. The van der Waals surface area contributed by atoms with Crippen LogP contribution in [0.25, 0.3) is 10.8 Å². The van der Waals surface area contributed by atoms with Crippen LogP contribution in [0.15, 0.2) is 54.9 Å². The number of fused-ring (bicyclic) bond motifs is 1. The Kier molecular flexibility index (Phi) is 4.47. The maximum Gasteiger partial charge on any atom is 0.257 e. The first-order valence-corrected chi connectivity index (χ1v) is 9.14. The van der Waals surface area contributed by atoms with E-state index in [9.17, 15) is 9.90 Å². The zero-order chi connectivity index (χ0) is 18.1. The van der Waals surface area contributed by atoms with E-state index in [-0.39, 0.29) is 11.8 Å². The van der Waals surface area contributed by atoms with Crippen molar-refractivity contribution in [3.8, 4) is 0 Å². The van der Waals surface area contributed by atoms with E-state index in [2.05, 4.69) is 35.4 Å². The van der Waals surface area contributed by atoms with E-state index in [1.165, 1.54) is 10.8 Å². The van der Waals surface area contributed by atoms with Gasteiger partial charge in [0, 0.05) is 31.7 Å². The predicted octanol–water partition coefficient (Wildman–Crippen LogP) is 3.05. The van der Waals surface area contributed by atoms with Gasteiger partial charge in [-0.25, -0.2) is 0 Å². The highest BCUT2D eigenvalue weighted by molar-refractivity contribution is 5.93. The molecule has 134 valence electrons. The largest absolute Gasteiger partial charge is 0.391 e. The Labute approximate surface area is 152 Å². The van der Waals surface area contributed by atoms with Crippen molar-refractivity contribution < 1.29 is 9.90 Å². The van der Waals surface area contributed by atoms with Gasteiger partial charge >= 0.3 is 0 Å². The number of aliphatic hydroxyl groups excluding tert-OH is 1. The summed E-state index contributed by atoms with van der Waals surface area (Å²) in [6, 6.07) is 14.6. The maximum atomic E-state index is 12.7. The highest BCUT2D eigenvalue weighted by Crippen LogP contribution is 2.31. The number of nitrogens with zero attached hydrogens (tertiary/aromatic N) is 3. The molecule has 0 spiro atoms. The maximum absolute atomic E-state index is 12.7. The van der Waals surface area contributed by atoms with Crippen molar-refractivity contribution in [3.05, 3.63) is 66.0 Å². The summed E-state index contributed by atoms with van der Waals surface area (Å²) in [6.45, 7) is 3.72. The number of carbonyl (C=O) groups excluding carboxylic acids is 1. The number of aromatic nitrogens is 2. The second-order valence-corrected chi connectivity index (χ2v) is 6.90. The van der Waals surface area contributed by atoms with Crippen LogP contribution in [0.3, 0.4) is 0 Å². The van der Waals surface area contributed by atoms with Gasteiger partial charge in [0.15, 0.2) is 0 Å². The normalized spacial score (nSPS) is 20.5. The summed E-state index contributed by atoms with van der Waals surface area (Å²) in [7, 11) is 0. The predicted molar refractivity (Wildman–Crippen MR) is 101 cm³/mol. The summed E-state index contributed by atoms with van der Waals surface area (Å²) in [4.78, 5) is 14.4. The van der Waals surface area contributed by atoms with Gasteiger partial charge in [0.25, 0.3) is 5.91 Å². The smallest absolute Gasteiger partial charge is 0.257 e. The van der Waals surface area contributed by atoms with E-state index in [0.717, 1.165) is 18.5 Å². The molecule has 1 aliphatic heterocycles. The van der Waals surface area contributed by atoms with Gasteiger partial charge in [0.1, 0.15) is 0 Å². The van der Waals surface area contributed by atoms with Crippen LogP contribution in [0, 0.1) is 0 Å². The number of likely N-dealkylation sites (tertiary alicyclic amines) is 1. The fourth-order valence-electron chi connectivity index (χ4n) is 3.77. The second-order valence-electron chi connectivity index (χ2n) is 6.90. The first-order chi connectivity index (χ1) is 12.7. The molecule has 2 aromatic carbocycles. The van der Waals surface area contributed by atoms with Crippen molar-refractivity contribution in [2.75, 3.05) is 13.1 Å². The van der Waals surface area contributed by atoms with E-state index in [4.69, 9.17) is 0 Å². The third kappa shape index (κ3) is 3.10. The fourth-order valence-corrected chi connectivity index (χ4v) is 3.77. The fraction of sp³-hybridized carbons (Fsp3) is 0.333. The molecule has 1 fully saturated rings. The summed E-state index contributed by atoms with van der Waals surface area (Å²) < 4.78 is 1.74. The third-order valence-electron chi connectivity index (χ3n) is 5.28. The van der Waals surface area contributed by atoms with Gasteiger partial charge in [-0.15, -0.1) is 0 Å². The molecular weight excluding hydrogens is 326 g/mol. The number of aryl methyl sites for hydroxylation is 1. The van der Waals surface area contributed by atoms with Crippen molar-refractivity contribution in [3.63, 3.8) is 0 Å². The number of piperidine rings is 1. The SMILES string of the molecule is CCn1cc(C(=O)N2CC[C@@H](c3ccc4ccccc4c3)[C@H](O)C2)cn1. The van der Waals surface area contributed by atoms with E-state index < -0.39 is 6.10 Å². The Hall–Kier alpha value is -2.66. The van der Waals surface area contributed by atoms with Crippen molar-refractivity contribution in [2.24, 2.45) is 0 Å². The molecule has 1 aromatic heterocycles. The number of hydrogen-bond acceptors (Lipinski definition) is 3. The lowest BCUT2D eigenvalue weighted by molar-refractivity contribution is 0.0382. The summed E-state index contributed by atoms with van der Waals surface area (Å²) >= 11 is 0. The summed E-state index contributed by atoms with van der Waals surface area (Å²) in [5.41, 5.74) is 1.73. The minimum Gasteiger partial charge on any atom is -0.391 e. The van der Waals surface area contributed by atoms with Crippen LogP contribution in [0.1, 0.15) is 35.2 Å². The van der Waals surface area contributed by atoms with Crippen LogP contribution in [0.5, 0.6) is 0 Å². The van der Waals surface area contributed by atoms with Gasteiger partial charge in [0.2, 0.25) is 0 Å². The standard InChI is InChI=1S/C21H23N3O2/c1-2-24-13-18(12-22-24)21(26)23-10-9-19(20(25)14-23)17-8-7-15-5-3-4-6-16(15)11-17/h3-8,11-13,19-20,25H,2,9-10,14H2,1H3/t19-,20+/m0/s1. The van der Waals surface area contributed by atoms with Crippen LogP contribution in [-0.4, -0.2) is 44.9 Å². The number of carbonyl (C=O) groups is 1. The lowest BCUT2D eigenvalue weighted by Crippen LogP contribution is -2.45. The number of benzene rings is 2. The van der Waals surface area contributed by atoms with Crippen molar-refractivity contribution in [1.29, 1.82) is 0 Å². The van der Waals surface area contributed by atoms with Crippen LogP contribution in [-0.2, 0) is 6.54 Å². The molecule has 1 amide bonds. The van der Waals surface area contributed by atoms with E-state index >= 15 is 0 Å². The Morgan fingerprint density at radius 2 is 2.04 bits per heavy atom. The molecule has 1 aliphatic rings. The minimum atomic E-state index is -0.560. The summed E-state index contributed by atoms with van der Waals surface area (Å²) in [5.74, 6) is 0.00253. The Morgan fingerprint density at radius 1 is 1.23 bits per heavy atom. The molecule has 4 rings (SSSR count). The van der Waals surface area contributed by atoms with Crippen molar-refractivity contribution in [2.45, 2.75) is 31.9 Å². The molecule has 2 heterocycles. The Bertz CT molecular complexity index is 934. The third-order valence-corrected chi connectivity index (χ3v) is 5.28. The summed E-state index contributed by atoms with van der Waals surface area (Å²) in [5, 5.41) is 17.2. The van der Waals surface area contributed by atoms with E-state index in [0.29, 0.717) is 18.7 Å². The second kappa shape index (κ2) is 6.92. The van der Waals surface area contributed by atoms with Crippen LogP contribution >= 0.6 is 0 Å². The summed E-state index contributed by atoms with van der Waals surface area (Å²) in [6.07, 6.45) is 3.57. The molecule has 1 N–H and O–H groups in total. The van der Waals surface area contributed by atoms with Crippen molar-refractivity contribution >= 4 is 16.7 Å². The van der Waals surface area contributed by atoms with Gasteiger partial charge in [-0.1, -0.05) is 42.5 Å². The number of aliphatic hydroxyl groups is 1. The van der Waals surface area contributed by atoms with E-state index in [1.807, 2.05) is 19.1 Å². The number of rotatable bonds is 3. The Balaban J connectivity index is 1.49. The first-order valence-electron chi connectivity index (χ1n) is 9.14. The van der Waals surface area contributed by atoms with Crippen LogP contribution in [0.2, 0.25) is 0 Å². The number of hydrogen-bond donors (Lipinski definition) is 1. The molecule has 0 aliphatic carbocycles. The number of amides is 1. The average molecular weight is 349 g/mol. The van der Waals surface area contributed by atoms with Crippen LogP contribution in [0.4, 0.5) is 0 Å². The number of β-amino-alcohol motifs (C(OH)–C–C–N with tert-alkyl or cyclic N) is 1. The molecule has 0 radical (unpaired) electrons. The van der Waals surface area contributed by atoms with Gasteiger partial charge in [-0.2, -0.15) is 5.10 Å². The monoisotopic (exact) mass is 349 g/mol. The first kappa shape index (κ1) is 16.8. The molecule has 0 unspecified atom stereocenters. The topological polar surface area (TPSA) is 58.4 Å². The van der Waals surface area contributed by atoms with Gasteiger partial charge in [-0.05, 0) is 29.7 Å². The molecule has 2 atom stereocenters. The average Bonchev–Trinajstić information content (AvgIpc) is 3.16. The molecule has 0 bridgehead atoms. The molecule has 26 heavy (non-hydrogen) atoms. The molecule has 0 saturated carbocycles. The van der Waals surface area contributed by atoms with Gasteiger partial charge < -0.3 is 10.0 Å². The Morgan fingerprint density at radius 3 is 2.77 bits per heavy atom. The van der Waals surface area contributed by atoms with Gasteiger partial charge in [-0.3, -0.25) is 9.48 Å². The quantitative estimate of drug-likeness (QED) is 0.791. The zero-order valence-corrected chi connectivity index (χ0v) is 14.9. The van der Waals surface area contributed by atoms with Crippen LogP contribution < -0.4 is 0 Å².